The number of carbonyl (C=O) groups excluding carboxylic acids is 1. The summed E-state index contributed by atoms with van der Waals surface area (Å²) in [5.41, 5.74) is 4.98. The first-order valence-electron chi connectivity index (χ1n) is 7.94. The van der Waals surface area contributed by atoms with E-state index in [0.29, 0.717) is 11.5 Å². The van der Waals surface area contributed by atoms with Gasteiger partial charge in [-0.1, -0.05) is 13.8 Å². The highest BCUT2D eigenvalue weighted by Crippen LogP contribution is 2.32. The van der Waals surface area contributed by atoms with Crippen molar-refractivity contribution < 1.29 is 22.7 Å². The van der Waals surface area contributed by atoms with Crippen molar-refractivity contribution in [1.29, 1.82) is 0 Å². The molecule has 0 radical (unpaired) electrons. The summed E-state index contributed by atoms with van der Waals surface area (Å²) in [7, 11) is 0. The normalized spacial score (nSPS) is 12.6. The summed E-state index contributed by atoms with van der Waals surface area (Å²) in [6.45, 7) is 6.27. The van der Waals surface area contributed by atoms with E-state index in [2.05, 4.69) is 19.2 Å². The highest BCUT2D eigenvalue weighted by atomic mass is 35.5. The Morgan fingerprint density at radius 1 is 1.24 bits per heavy atom. The molecule has 1 unspecified atom stereocenters. The summed E-state index contributed by atoms with van der Waals surface area (Å²) in [6, 6.07) is 3.32. The number of nitrogens with one attached hydrogen (secondary N) is 1. The van der Waals surface area contributed by atoms with Crippen LogP contribution in [0.5, 0.6) is 0 Å². The van der Waals surface area contributed by atoms with Crippen LogP contribution in [0.15, 0.2) is 18.2 Å². The molecule has 0 aliphatic rings. The molecule has 0 heterocycles. The average Bonchev–Trinajstić information content (AvgIpc) is 2.45. The van der Waals surface area contributed by atoms with Gasteiger partial charge in [-0.25, -0.2) is 0 Å². The summed E-state index contributed by atoms with van der Waals surface area (Å²) in [6.07, 6.45) is -3.48. The summed E-state index contributed by atoms with van der Waals surface area (Å²) in [5.74, 6) is 0.0997. The van der Waals surface area contributed by atoms with Crippen molar-refractivity contribution in [2.45, 2.75) is 52.4 Å². The molecule has 4 nitrogen and oxygen atoms in total. The quantitative estimate of drug-likeness (QED) is 0.701. The molecule has 0 aliphatic carbocycles. The molecule has 0 spiro atoms. The van der Waals surface area contributed by atoms with Gasteiger partial charge in [0.2, 0.25) is 5.91 Å². The number of carbonyl (C=O) groups is 1. The first kappa shape index (κ1) is 23.7. The van der Waals surface area contributed by atoms with Crippen molar-refractivity contribution in [3.05, 3.63) is 29.3 Å². The predicted octanol–water partition coefficient (Wildman–Crippen LogP) is 4.37. The maximum absolute atomic E-state index is 12.8. The van der Waals surface area contributed by atoms with Crippen molar-refractivity contribution >= 4 is 24.0 Å². The third-order valence-electron chi connectivity index (χ3n) is 3.37. The molecule has 1 aromatic carbocycles. The van der Waals surface area contributed by atoms with Crippen LogP contribution in [0, 0.1) is 5.92 Å². The van der Waals surface area contributed by atoms with Crippen LogP contribution in [0.2, 0.25) is 0 Å². The second kappa shape index (κ2) is 10.6. The largest absolute Gasteiger partial charge is 0.416 e. The van der Waals surface area contributed by atoms with Gasteiger partial charge in [0.25, 0.3) is 0 Å². The van der Waals surface area contributed by atoms with E-state index in [1.54, 1.807) is 0 Å². The van der Waals surface area contributed by atoms with E-state index in [4.69, 9.17) is 10.5 Å². The Labute approximate surface area is 152 Å². The molecule has 0 fully saturated rings. The van der Waals surface area contributed by atoms with Gasteiger partial charge in [-0.15, -0.1) is 12.4 Å². The predicted molar refractivity (Wildman–Crippen MR) is 94.7 cm³/mol. The fourth-order valence-electron chi connectivity index (χ4n) is 2.35. The molecule has 0 saturated heterocycles. The number of halogens is 4. The van der Waals surface area contributed by atoms with Gasteiger partial charge in [0, 0.05) is 12.2 Å². The minimum Gasteiger partial charge on any atom is -0.378 e. The van der Waals surface area contributed by atoms with Gasteiger partial charge in [0.1, 0.15) is 0 Å². The second-order valence-corrected chi connectivity index (χ2v) is 6.23. The highest BCUT2D eigenvalue weighted by Gasteiger charge is 2.31. The standard InChI is InChI=1S/C17H25F3N2O2.ClH/c1-11(2)6-12(3)24-5-4-16(23)22-15-8-13(10-21)7-14(9-15)17(18,19)20;/h7-9,11-12H,4-6,10,21H2,1-3H3,(H,22,23);1H. The first-order chi connectivity index (χ1) is 11.1. The van der Waals surface area contributed by atoms with Crippen LogP contribution in [-0.2, 0) is 22.3 Å². The lowest BCUT2D eigenvalue weighted by atomic mass is 10.1. The number of hydrogen-bond acceptors (Lipinski definition) is 3. The Morgan fingerprint density at radius 2 is 1.88 bits per heavy atom. The van der Waals surface area contributed by atoms with Crippen molar-refractivity contribution in [3.8, 4) is 0 Å². The maximum Gasteiger partial charge on any atom is 0.416 e. The molecular formula is C17H26ClF3N2O2. The van der Waals surface area contributed by atoms with Crippen molar-refractivity contribution in [2.24, 2.45) is 11.7 Å². The van der Waals surface area contributed by atoms with Gasteiger partial charge in [0.15, 0.2) is 0 Å². The number of nitrogens with two attached hydrogens (primary N) is 1. The van der Waals surface area contributed by atoms with Gasteiger partial charge >= 0.3 is 6.18 Å². The summed E-state index contributed by atoms with van der Waals surface area (Å²) in [5, 5.41) is 2.47. The van der Waals surface area contributed by atoms with E-state index in [-0.39, 0.29) is 43.8 Å². The molecule has 1 aromatic rings. The minimum absolute atomic E-state index is 0. The van der Waals surface area contributed by atoms with Crippen molar-refractivity contribution in [1.82, 2.24) is 0 Å². The van der Waals surface area contributed by atoms with E-state index < -0.39 is 17.6 Å². The minimum atomic E-state index is -4.49. The molecule has 8 heteroatoms. The molecule has 25 heavy (non-hydrogen) atoms. The van der Waals surface area contributed by atoms with Crippen LogP contribution in [0.4, 0.5) is 18.9 Å². The Hall–Kier alpha value is -1.31. The highest BCUT2D eigenvalue weighted by molar-refractivity contribution is 5.91. The van der Waals surface area contributed by atoms with Gasteiger partial charge in [-0.05, 0) is 43.0 Å². The molecule has 1 rings (SSSR count). The topological polar surface area (TPSA) is 64.3 Å². The lowest BCUT2D eigenvalue weighted by molar-refractivity contribution is -0.137. The molecule has 0 aliphatic heterocycles. The maximum atomic E-state index is 12.8. The summed E-state index contributed by atoms with van der Waals surface area (Å²) >= 11 is 0. The van der Waals surface area contributed by atoms with E-state index in [1.165, 1.54) is 6.07 Å². The SMILES string of the molecule is CC(C)CC(C)OCCC(=O)Nc1cc(CN)cc(C(F)(F)F)c1.Cl. The Morgan fingerprint density at radius 3 is 2.40 bits per heavy atom. The van der Waals surface area contributed by atoms with Crippen LogP contribution in [0.25, 0.3) is 0 Å². The van der Waals surface area contributed by atoms with Gasteiger partial charge in [-0.3, -0.25) is 4.79 Å². The molecular weight excluding hydrogens is 357 g/mol. The average molecular weight is 383 g/mol. The van der Waals surface area contributed by atoms with Crippen molar-refractivity contribution in [2.75, 3.05) is 11.9 Å². The Bertz CT molecular complexity index is 551. The number of ether oxygens (including phenoxy) is 1. The Balaban J connectivity index is 0.00000576. The number of benzene rings is 1. The van der Waals surface area contributed by atoms with Crippen LogP contribution in [-0.4, -0.2) is 18.6 Å². The zero-order valence-corrected chi connectivity index (χ0v) is 15.5. The van der Waals surface area contributed by atoms with E-state index in [0.717, 1.165) is 18.6 Å². The summed E-state index contributed by atoms with van der Waals surface area (Å²) in [4.78, 5) is 11.9. The number of anilines is 1. The third-order valence-corrected chi connectivity index (χ3v) is 3.37. The second-order valence-electron chi connectivity index (χ2n) is 6.23. The van der Waals surface area contributed by atoms with E-state index in [1.807, 2.05) is 6.92 Å². The van der Waals surface area contributed by atoms with Gasteiger partial charge < -0.3 is 15.8 Å². The summed E-state index contributed by atoms with van der Waals surface area (Å²) < 4.78 is 44.1. The molecule has 1 atom stereocenters. The molecule has 1 amide bonds. The lowest BCUT2D eigenvalue weighted by Gasteiger charge is -2.15. The van der Waals surface area contributed by atoms with Gasteiger partial charge in [-0.2, -0.15) is 13.2 Å². The zero-order valence-electron chi connectivity index (χ0n) is 14.7. The monoisotopic (exact) mass is 382 g/mol. The molecule has 0 aromatic heterocycles. The Kier molecular flexibility index (Phi) is 10.1. The fraction of sp³-hybridized carbons (Fsp3) is 0.588. The lowest BCUT2D eigenvalue weighted by Crippen LogP contribution is -2.18. The number of amides is 1. The van der Waals surface area contributed by atoms with Crippen LogP contribution in [0.1, 0.15) is 44.7 Å². The molecule has 0 bridgehead atoms. The van der Waals surface area contributed by atoms with E-state index >= 15 is 0 Å². The van der Waals surface area contributed by atoms with E-state index in [9.17, 15) is 18.0 Å². The number of alkyl halides is 3. The fourth-order valence-corrected chi connectivity index (χ4v) is 2.35. The molecule has 144 valence electrons. The molecule has 0 saturated carbocycles. The first-order valence-corrected chi connectivity index (χ1v) is 7.94. The number of hydrogen-bond donors (Lipinski definition) is 2. The van der Waals surface area contributed by atoms with Crippen molar-refractivity contribution in [3.63, 3.8) is 0 Å². The molecule has 3 N–H and O–H groups in total. The van der Waals surface area contributed by atoms with Gasteiger partial charge in [0.05, 0.1) is 24.7 Å². The number of rotatable bonds is 8. The van der Waals surface area contributed by atoms with Crippen LogP contribution < -0.4 is 11.1 Å². The van der Waals surface area contributed by atoms with Crippen LogP contribution in [0.3, 0.4) is 0 Å². The smallest absolute Gasteiger partial charge is 0.378 e. The third kappa shape index (κ3) is 9.09. The van der Waals surface area contributed by atoms with Crippen LogP contribution >= 0.6 is 12.4 Å². The zero-order chi connectivity index (χ0) is 18.3.